The lowest BCUT2D eigenvalue weighted by molar-refractivity contribution is -0.141. The highest BCUT2D eigenvalue weighted by Gasteiger charge is 2.24. The van der Waals surface area contributed by atoms with Crippen LogP contribution in [0.25, 0.3) is 6.08 Å². The van der Waals surface area contributed by atoms with Gasteiger partial charge >= 0.3 is 0 Å². The van der Waals surface area contributed by atoms with Crippen molar-refractivity contribution in [2.75, 3.05) is 6.54 Å². The molecule has 0 atom stereocenters. The summed E-state index contributed by atoms with van der Waals surface area (Å²) >= 11 is 0. The Kier molecular flexibility index (Phi) is 6.01. The number of nitrogens with zero attached hydrogens (tertiary/aromatic N) is 2. The average molecular weight is 318 g/mol. The number of likely N-dealkylation sites (N-methyl/N-ethyl adjacent to an activating group) is 1. The van der Waals surface area contributed by atoms with Gasteiger partial charge in [-0.1, -0.05) is 19.9 Å². The maximum atomic E-state index is 12.4. The number of hydrogen-bond donors (Lipinski definition) is 2. The third-order valence-corrected chi connectivity index (χ3v) is 3.49. The van der Waals surface area contributed by atoms with Crippen LogP contribution in [0.1, 0.15) is 39.1 Å². The van der Waals surface area contributed by atoms with Gasteiger partial charge in [0.1, 0.15) is 5.70 Å². The number of amides is 3. The molecule has 1 aromatic rings. The van der Waals surface area contributed by atoms with Crippen molar-refractivity contribution in [3.05, 3.63) is 36.1 Å². The lowest BCUT2D eigenvalue weighted by atomic mass is 9.88. The largest absolute Gasteiger partial charge is 0.347 e. The lowest BCUT2D eigenvalue weighted by Gasteiger charge is -2.20. The van der Waals surface area contributed by atoms with Crippen molar-refractivity contribution in [1.82, 2.24) is 20.2 Å². The van der Waals surface area contributed by atoms with Crippen LogP contribution in [0.2, 0.25) is 0 Å². The molecule has 3 amide bonds. The van der Waals surface area contributed by atoms with E-state index in [9.17, 15) is 14.4 Å². The van der Waals surface area contributed by atoms with E-state index >= 15 is 0 Å². The minimum atomic E-state index is -0.586. The number of H-pyrrole nitrogens is 1. The van der Waals surface area contributed by atoms with Crippen LogP contribution >= 0.6 is 0 Å². The van der Waals surface area contributed by atoms with Gasteiger partial charge in [0.2, 0.25) is 12.3 Å². The van der Waals surface area contributed by atoms with E-state index in [1.165, 1.54) is 19.3 Å². The minimum Gasteiger partial charge on any atom is -0.347 e. The molecule has 0 bridgehead atoms. The summed E-state index contributed by atoms with van der Waals surface area (Å²) in [4.78, 5) is 43.0. The van der Waals surface area contributed by atoms with Crippen LogP contribution in [0.4, 0.5) is 0 Å². The zero-order valence-corrected chi connectivity index (χ0v) is 13.8. The maximum Gasteiger partial charge on any atom is 0.277 e. The Morgan fingerprint density at radius 3 is 2.61 bits per heavy atom. The second-order valence-electron chi connectivity index (χ2n) is 5.48. The summed E-state index contributed by atoms with van der Waals surface area (Å²) in [5.41, 5.74) is 0.816. The second kappa shape index (κ2) is 7.53. The molecular formula is C16H22N4O3. The molecule has 0 aliphatic rings. The summed E-state index contributed by atoms with van der Waals surface area (Å²) in [5, 5.41) is 2.34. The highest BCUT2D eigenvalue weighted by Crippen LogP contribution is 2.26. The topological polar surface area (TPSA) is 95.2 Å². The van der Waals surface area contributed by atoms with Gasteiger partial charge in [-0.2, -0.15) is 0 Å². The Morgan fingerprint density at radius 1 is 1.48 bits per heavy atom. The lowest BCUT2D eigenvalue weighted by Crippen LogP contribution is -2.39. The molecule has 0 aliphatic heterocycles. The fourth-order valence-electron chi connectivity index (χ4n) is 2.05. The summed E-state index contributed by atoms with van der Waals surface area (Å²) in [6.45, 7) is 10.8. The fourth-order valence-corrected chi connectivity index (χ4v) is 2.05. The Labute approximate surface area is 135 Å². The van der Waals surface area contributed by atoms with Gasteiger partial charge in [-0.3, -0.25) is 19.3 Å². The number of aromatic amines is 1. The molecular weight excluding hydrogens is 296 g/mol. The normalized spacial score (nSPS) is 11.7. The molecule has 0 fully saturated rings. The van der Waals surface area contributed by atoms with Crippen LogP contribution in [0, 0.1) is 0 Å². The molecule has 124 valence electrons. The highest BCUT2D eigenvalue weighted by atomic mass is 16.2. The predicted molar refractivity (Wildman–Crippen MR) is 87.1 cm³/mol. The van der Waals surface area contributed by atoms with E-state index in [0.717, 1.165) is 10.6 Å². The smallest absolute Gasteiger partial charge is 0.277 e. The number of imide groups is 1. The summed E-state index contributed by atoms with van der Waals surface area (Å²) in [5.74, 6) is -0.984. The SMILES string of the molecule is C=CC(C)(C)c1[nH]cnc1/C=C(\NC=O)C(=O)N(CC)C(C)=O. The molecule has 7 nitrogen and oxygen atoms in total. The molecule has 0 saturated heterocycles. The molecule has 1 aromatic heterocycles. The molecule has 0 saturated carbocycles. The van der Waals surface area contributed by atoms with E-state index < -0.39 is 17.2 Å². The third-order valence-electron chi connectivity index (χ3n) is 3.49. The van der Waals surface area contributed by atoms with E-state index in [4.69, 9.17) is 0 Å². The van der Waals surface area contributed by atoms with Gasteiger partial charge in [0, 0.05) is 18.9 Å². The molecule has 1 heterocycles. The van der Waals surface area contributed by atoms with Crippen molar-refractivity contribution in [2.24, 2.45) is 0 Å². The summed E-state index contributed by atoms with van der Waals surface area (Å²) < 4.78 is 0. The van der Waals surface area contributed by atoms with E-state index in [2.05, 4.69) is 21.9 Å². The van der Waals surface area contributed by atoms with Crippen molar-refractivity contribution in [3.8, 4) is 0 Å². The molecule has 23 heavy (non-hydrogen) atoms. The molecule has 0 radical (unpaired) electrons. The molecule has 0 aromatic carbocycles. The molecule has 0 spiro atoms. The van der Waals surface area contributed by atoms with E-state index in [0.29, 0.717) is 12.1 Å². The first-order valence-corrected chi connectivity index (χ1v) is 7.20. The Morgan fingerprint density at radius 2 is 2.13 bits per heavy atom. The van der Waals surface area contributed by atoms with Crippen LogP contribution in [0.5, 0.6) is 0 Å². The van der Waals surface area contributed by atoms with Crippen LogP contribution in [-0.2, 0) is 19.8 Å². The Bertz CT molecular complexity index is 644. The minimum absolute atomic E-state index is 0.0229. The van der Waals surface area contributed by atoms with E-state index in [1.54, 1.807) is 13.0 Å². The van der Waals surface area contributed by atoms with Crippen molar-refractivity contribution >= 4 is 24.3 Å². The summed E-state index contributed by atoms with van der Waals surface area (Å²) in [7, 11) is 0. The van der Waals surface area contributed by atoms with Crippen molar-refractivity contribution < 1.29 is 14.4 Å². The number of carbonyl (C=O) groups excluding carboxylic acids is 3. The Hall–Kier alpha value is -2.70. The van der Waals surface area contributed by atoms with Gasteiger partial charge in [0.15, 0.2) is 0 Å². The first kappa shape index (κ1) is 18.3. The zero-order valence-electron chi connectivity index (χ0n) is 13.8. The fraction of sp³-hybridized carbons (Fsp3) is 0.375. The average Bonchev–Trinajstić information content (AvgIpc) is 2.96. The monoisotopic (exact) mass is 318 g/mol. The second-order valence-corrected chi connectivity index (χ2v) is 5.48. The van der Waals surface area contributed by atoms with Gasteiger partial charge in [0.25, 0.3) is 5.91 Å². The summed E-state index contributed by atoms with van der Waals surface area (Å²) in [6.07, 6.45) is 5.08. The number of rotatable bonds is 7. The maximum absolute atomic E-state index is 12.4. The van der Waals surface area contributed by atoms with Crippen LogP contribution in [-0.4, -0.2) is 39.6 Å². The Balaban J connectivity index is 3.31. The molecule has 0 unspecified atom stereocenters. The molecule has 7 heteroatoms. The van der Waals surface area contributed by atoms with Crippen LogP contribution < -0.4 is 5.32 Å². The van der Waals surface area contributed by atoms with Crippen molar-refractivity contribution in [3.63, 3.8) is 0 Å². The van der Waals surface area contributed by atoms with E-state index in [1.807, 2.05) is 13.8 Å². The number of aromatic nitrogens is 2. The predicted octanol–water partition coefficient (Wildman–Crippen LogP) is 1.36. The van der Waals surface area contributed by atoms with Gasteiger partial charge in [-0.05, 0) is 13.0 Å². The van der Waals surface area contributed by atoms with Gasteiger partial charge in [0.05, 0.1) is 17.7 Å². The number of imidazole rings is 1. The van der Waals surface area contributed by atoms with Crippen LogP contribution in [0.3, 0.4) is 0 Å². The molecule has 2 N–H and O–H groups in total. The molecule has 0 aliphatic carbocycles. The van der Waals surface area contributed by atoms with E-state index in [-0.39, 0.29) is 12.2 Å². The number of hydrogen-bond acceptors (Lipinski definition) is 4. The van der Waals surface area contributed by atoms with Gasteiger partial charge in [-0.25, -0.2) is 4.98 Å². The standard InChI is InChI=1S/C16H22N4O3/c1-6-16(4,5)14-12(17-9-18-14)8-13(19-10-21)15(23)20(7-2)11(3)22/h6,8-10H,1,7H2,2-5H3,(H,17,18)(H,19,21)/b13-8-. The zero-order chi connectivity index (χ0) is 17.6. The first-order valence-electron chi connectivity index (χ1n) is 7.20. The summed E-state index contributed by atoms with van der Waals surface area (Å²) in [6, 6.07) is 0. The first-order chi connectivity index (χ1) is 10.8. The van der Waals surface area contributed by atoms with Crippen LogP contribution in [0.15, 0.2) is 24.7 Å². The number of nitrogens with one attached hydrogen (secondary N) is 2. The number of carbonyl (C=O) groups is 3. The number of allylic oxidation sites excluding steroid dienone is 1. The van der Waals surface area contributed by atoms with Gasteiger partial charge < -0.3 is 10.3 Å². The molecule has 1 rings (SSSR count). The highest BCUT2D eigenvalue weighted by molar-refractivity contribution is 6.06. The van der Waals surface area contributed by atoms with Crippen molar-refractivity contribution in [2.45, 2.75) is 33.1 Å². The quantitative estimate of drug-likeness (QED) is 0.451. The van der Waals surface area contributed by atoms with Gasteiger partial charge in [-0.15, -0.1) is 6.58 Å². The van der Waals surface area contributed by atoms with Crippen molar-refractivity contribution in [1.29, 1.82) is 0 Å². The third kappa shape index (κ3) is 4.15.